The van der Waals surface area contributed by atoms with E-state index in [4.69, 9.17) is 11.0 Å². The zero-order valence-electron chi connectivity index (χ0n) is 18.6. The quantitative estimate of drug-likeness (QED) is 0.597. The van der Waals surface area contributed by atoms with E-state index in [-0.39, 0.29) is 41.7 Å². The van der Waals surface area contributed by atoms with Gasteiger partial charge in [0.15, 0.2) is 0 Å². The summed E-state index contributed by atoms with van der Waals surface area (Å²) in [5.41, 5.74) is 7.50. The standard InChI is InChI=1S/C25H24F2N6O/c1-15-5-6-19(24(34)30-13-16-3-2-4-20(26)9-16)14-33(15)23-11-22(31-25(29)32-23)17-7-8-18(12-28)21(27)10-17/h2-4,7-11,15,19H,5-6,13-14H2,1H3,(H,30,34)(H2,29,31,32)/t15-,19+/m1/s1. The Labute approximate surface area is 196 Å². The SMILES string of the molecule is C[C@@H]1CC[C@H](C(=O)NCc2cccc(F)c2)CN1c1cc(-c2ccc(C#N)c(F)c2)nc(N)n1. The van der Waals surface area contributed by atoms with Gasteiger partial charge in [-0.15, -0.1) is 0 Å². The Morgan fingerprint density at radius 2 is 2.03 bits per heavy atom. The van der Waals surface area contributed by atoms with Crippen LogP contribution in [0.25, 0.3) is 11.3 Å². The normalized spacial score (nSPS) is 17.8. The summed E-state index contributed by atoms with van der Waals surface area (Å²) in [4.78, 5) is 23.4. The Kier molecular flexibility index (Phi) is 6.68. The summed E-state index contributed by atoms with van der Waals surface area (Å²) in [5.74, 6) is -0.803. The molecule has 7 nitrogen and oxygen atoms in total. The predicted molar refractivity (Wildman–Crippen MR) is 124 cm³/mol. The number of anilines is 2. The lowest BCUT2D eigenvalue weighted by Gasteiger charge is -2.38. The van der Waals surface area contributed by atoms with E-state index < -0.39 is 5.82 Å². The van der Waals surface area contributed by atoms with E-state index in [1.165, 1.54) is 24.3 Å². The van der Waals surface area contributed by atoms with Crippen LogP contribution in [-0.2, 0) is 11.3 Å². The third-order valence-electron chi connectivity index (χ3n) is 6.02. The Bertz CT molecular complexity index is 1260. The number of carbonyl (C=O) groups excluding carboxylic acids is 1. The third kappa shape index (κ3) is 5.12. The van der Waals surface area contributed by atoms with Crippen LogP contribution in [0.3, 0.4) is 0 Å². The number of amides is 1. The molecule has 1 aliphatic heterocycles. The predicted octanol–water partition coefficient (Wildman–Crippen LogP) is 3.80. The molecule has 0 unspecified atom stereocenters. The van der Waals surface area contributed by atoms with Crippen LogP contribution >= 0.6 is 0 Å². The van der Waals surface area contributed by atoms with Gasteiger partial charge in [-0.3, -0.25) is 4.79 Å². The molecule has 0 aliphatic carbocycles. The lowest BCUT2D eigenvalue weighted by Crippen LogP contribution is -2.47. The van der Waals surface area contributed by atoms with Gasteiger partial charge in [0.25, 0.3) is 0 Å². The first-order valence-corrected chi connectivity index (χ1v) is 11.0. The maximum atomic E-state index is 14.1. The molecular formula is C25H24F2N6O. The highest BCUT2D eigenvalue weighted by Gasteiger charge is 2.31. The zero-order valence-corrected chi connectivity index (χ0v) is 18.6. The average Bonchev–Trinajstić information content (AvgIpc) is 2.82. The number of hydrogen-bond donors (Lipinski definition) is 2. The van der Waals surface area contributed by atoms with Crippen molar-refractivity contribution in [3.8, 4) is 17.3 Å². The first kappa shape index (κ1) is 23.1. The molecule has 3 N–H and O–H groups in total. The van der Waals surface area contributed by atoms with E-state index in [1.54, 1.807) is 30.3 Å². The summed E-state index contributed by atoms with van der Waals surface area (Å²) >= 11 is 0. The van der Waals surface area contributed by atoms with Crippen LogP contribution in [-0.4, -0.2) is 28.5 Å². The molecule has 9 heteroatoms. The summed E-state index contributed by atoms with van der Waals surface area (Å²) in [5, 5.41) is 11.9. The topological polar surface area (TPSA) is 108 Å². The van der Waals surface area contributed by atoms with Gasteiger partial charge in [-0.1, -0.05) is 18.2 Å². The highest BCUT2D eigenvalue weighted by atomic mass is 19.1. The van der Waals surface area contributed by atoms with Crippen molar-refractivity contribution in [2.45, 2.75) is 32.4 Å². The van der Waals surface area contributed by atoms with Gasteiger partial charge >= 0.3 is 0 Å². The summed E-state index contributed by atoms with van der Waals surface area (Å²) < 4.78 is 27.5. The van der Waals surface area contributed by atoms with Crippen molar-refractivity contribution in [2.75, 3.05) is 17.2 Å². The van der Waals surface area contributed by atoms with Gasteiger partial charge in [-0.2, -0.15) is 10.2 Å². The highest BCUT2D eigenvalue weighted by molar-refractivity contribution is 5.79. The van der Waals surface area contributed by atoms with Crippen molar-refractivity contribution < 1.29 is 13.6 Å². The average molecular weight is 463 g/mol. The van der Waals surface area contributed by atoms with Crippen LogP contribution in [0.1, 0.15) is 30.9 Å². The highest BCUT2D eigenvalue weighted by Crippen LogP contribution is 2.30. The van der Waals surface area contributed by atoms with E-state index >= 15 is 0 Å². The Hall–Kier alpha value is -4.06. The van der Waals surface area contributed by atoms with Gasteiger partial charge in [0, 0.05) is 30.8 Å². The molecule has 1 aromatic heterocycles. The van der Waals surface area contributed by atoms with Crippen LogP contribution in [0.5, 0.6) is 0 Å². The molecule has 3 aromatic rings. The fraction of sp³-hybridized carbons (Fsp3) is 0.280. The first-order valence-electron chi connectivity index (χ1n) is 11.0. The molecule has 0 saturated carbocycles. The van der Waals surface area contributed by atoms with Crippen LogP contribution in [0.4, 0.5) is 20.5 Å². The number of aromatic nitrogens is 2. The number of nitriles is 1. The summed E-state index contributed by atoms with van der Waals surface area (Å²) in [7, 11) is 0. The minimum atomic E-state index is -0.639. The van der Waals surface area contributed by atoms with Crippen molar-refractivity contribution in [1.29, 1.82) is 5.26 Å². The zero-order chi connectivity index (χ0) is 24.2. The number of nitrogen functional groups attached to an aromatic ring is 1. The fourth-order valence-electron chi connectivity index (χ4n) is 4.13. The number of nitrogens with one attached hydrogen (secondary N) is 1. The van der Waals surface area contributed by atoms with E-state index in [9.17, 15) is 13.6 Å². The minimum absolute atomic E-state index is 0.0298. The molecule has 2 heterocycles. The molecule has 2 atom stereocenters. The molecule has 1 saturated heterocycles. The second kappa shape index (κ2) is 9.83. The summed E-state index contributed by atoms with van der Waals surface area (Å²) in [6.07, 6.45) is 1.48. The van der Waals surface area contributed by atoms with Crippen molar-refractivity contribution in [3.63, 3.8) is 0 Å². The molecule has 2 aromatic carbocycles. The molecule has 1 fully saturated rings. The number of halogens is 2. The van der Waals surface area contributed by atoms with Crippen LogP contribution in [0.2, 0.25) is 0 Å². The van der Waals surface area contributed by atoms with Crippen molar-refractivity contribution in [3.05, 3.63) is 71.3 Å². The van der Waals surface area contributed by atoms with Gasteiger partial charge in [0.05, 0.1) is 17.2 Å². The Balaban J connectivity index is 1.52. The number of hydrogen-bond acceptors (Lipinski definition) is 6. The molecule has 1 aliphatic rings. The Morgan fingerprint density at radius 3 is 2.76 bits per heavy atom. The molecular weight excluding hydrogens is 438 g/mol. The Morgan fingerprint density at radius 1 is 1.21 bits per heavy atom. The number of piperidine rings is 1. The number of carbonyl (C=O) groups is 1. The minimum Gasteiger partial charge on any atom is -0.368 e. The number of nitrogens with zero attached hydrogens (tertiary/aromatic N) is 4. The summed E-state index contributed by atoms with van der Waals surface area (Å²) in [6, 6.07) is 14.0. The van der Waals surface area contributed by atoms with Gasteiger partial charge in [-0.05, 0) is 49.6 Å². The number of benzene rings is 2. The third-order valence-corrected chi connectivity index (χ3v) is 6.02. The van der Waals surface area contributed by atoms with Gasteiger partial charge in [-0.25, -0.2) is 13.8 Å². The lowest BCUT2D eigenvalue weighted by atomic mass is 9.92. The fourth-order valence-corrected chi connectivity index (χ4v) is 4.13. The monoisotopic (exact) mass is 462 g/mol. The molecule has 0 spiro atoms. The number of rotatable bonds is 5. The van der Waals surface area contributed by atoms with E-state index in [2.05, 4.69) is 15.3 Å². The van der Waals surface area contributed by atoms with Crippen molar-refractivity contribution in [1.82, 2.24) is 15.3 Å². The second-order valence-corrected chi connectivity index (χ2v) is 8.40. The van der Waals surface area contributed by atoms with Crippen molar-refractivity contribution in [2.24, 2.45) is 5.92 Å². The molecule has 4 rings (SSSR count). The second-order valence-electron chi connectivity index (χ2n) is 8.40. The van der Waals surface area contributed by atoms with Crippen LogP contribution < -0.4 is 16.0 Å². The van der Waals surface area contributed by atoms with Crippen LogP contribution in [0.15, 0.2) is 48.5 Å². The largest absolute Gasteiger partial charge is 0.368 e. The number of nitrogens with two attached hydrogens (primary N) is 1. The molecule has 34 heavy (non-hydrogen) atoms. The van der Waals surface area contributed by atoms with Crippen molar-refractivity contribution >= 4 is 17.7 Å². The van der Waals surface area contributed by atoms with E-state index in [0.717, 1.165) is 6.42 Å². The maximum Gasteiger partial charge on any atom is 0.225 e. The first-order chi connectivity index (χ1) is 16.3. The lowest BCUT2D eigenvalue weighted by molar-refractivity contribution is -0.125. The van der Waals surface area contributed by atoms with Gasteiger partial charge < -0.3 is 16.0 Å². The molecule has 0 radical (unpaired) electrons. The van der Waals surface area contributed by atoms with E-state index in [0.29, 0.717) is 35.6 Å². The molecule has 174 valence electrons. The van der Waals surface area contributed by atoms with Gasteiger partial charge in [0.1, 0.15) is 23.5 Å². The summed E-state index contributed by atoms with van der Waals surface area (Å²) in [6.45, 7) is 2.71. The molecule has 1 amide bonds. The van der Waals surface area contributed by atoms with Crippen LogP contribution in [0, 0.1) is 28.9 Å². The maximum absolute atomic E-state index is 14.1. The van der Waals surface area contributed by atoms with Gasteiger partial charge in [0.2, 0.25) is 11.9 Å². The smallest absolute Gasteiger partial charge is 0.225 e. The van der Waals surface area contributed by atoms with E-state index in [1.807, 2.05) is 11.8 Å². The molecule has 0 bridgehead atoms.